The molecule has 3 aliphatic rings. The minimum atomic E-state index is -3.51. The van der Waals surface area contributed by atoms with Gasteiger partial charge in [-0.05, 0) is 13.8 Å². The number of rotatable bonds is 2. The maximum atomic E-state index is 12.9. The van der Waals surface area contributed by atoms with Crippen LogP contribution in [0.5, 0.6) is 0 Å². The van der Waals surface area contributed by atoms with Crippen LogP contribution < -0.4 is 0 Å². The normalized spacial score (nSPS) is 30.5. The predicted molar refractivity (Wildman–Crippen MR) is 91.4 cm³/mol. The third-order valence-electron chi connectivity index (χ3n) is 4.83. The van der Waals surface area contributed by atoms with E-state index < -0.39 is 10.2 Å². The number of amides is 2. The lowest BCUT2D eigenvalue weighted by Crippen LogP contribution is -2.59. The third-order valence-corrected chi connectivity index (χ3v) is 6.80. The van der Waals surface area contributed by atoms with Crippen LogP contribution in [0.4, 0.5) is 4.79 Å². The van der Waals surface area contributed by atoms with Crippen LogP contribution >= 0.6 is 0 Å². The molecule has 10 heteroatoms. The van der Waals surface area contributed by atoms with Crippen molar-refractivity contribution in [3.63, 3.8) is 0 Å². The predicted octanol–water partition coefficient (Wildman–Crippen LogP) is -0.590. The van der Waals surface area contributed by atoms with E-state index in [9.17, 15) is 13.2 Å². The first-order valence-electron chi connectivity index (χ1n) is 8.90. The molecular weight excluding hydrogens is 348 g/mol. The van der Waals surface area contributed by atoms with E-state index in [2.05, 4.69) is 0 Å². The molecule has 0 saturated carbocycles. The quantitative estimate of drug-likeness (QED) is 0.643. The summed E-state index contributed by atoms with van der Waals surface area (Å²) in [4.78, 5) is 16.0. The van der Waals surface area contributed by atoms with Crippen molar-refractivity contribution in [1.82, 2.24) is 18.4 Å². The molecule has 144 valence electrons. The van der Waals surface area contributed by atoms with Crippen LogP contribution in [0.1, 0.15) is 13.8 Å². The Labute approximate surface area is 149 Å². The van der Waals surface area contributed by atoms with Gasteiger partial charge in [-0.2, -0.15) is 17.0 Å². The lowest BCUT2D eigenvalue weighted by Gasteiger charge is -2.41. The number of hydrogen-bond donors (Lipinski definition) is 0. The summed E-state index contributed by atoms with van der Waals surface area (Å²) < 4.78 is 39.6. The number of morpholine rings is 2. The summed E-state index contributed by atoms with van der Waals surface area (Å²) in [7, 11) is -3.51. The second-order valence-corrected chi connectivity index (χ2v) is 8.78. The molecule has 0 aromatic carbocycles. The van der Waals surface area contributed by atoms with Crippen LogP contribution in [0.15, 0.2) is 0 Å². The molecule has 0 bridgehead atoms. The maximum absolute atomic E-state index is 12.9. The summed E-state index contributed by atoms with van der Waals surface area (Å²) in [6.07, 6.45) is -0.217. The van der Waals surface area contributed by atoms with E-state index in [0.29, 0.717) is 65.6 Å². The average Bonchev–Trinajstić information content (AvgIpc) is 2.61. The van der Waals surface area contributed by atoms with Crippen molar-refractivity contribution in [1.29, 1.82) is 0 Å². The van der Waals surface area contributed by atoms with Crippen LogP contribution in [-0.4, -0.2) is 111 Å². The molecular formula is C15H28N4O5S. The Morgan fingerprint density at radius 1 is 0.840 bits per heavy atom. The highest BCUT2D eigenvalue weighted by molar-refractivity contribution is 7.86. The first-order chi connectivity index (χ1) is 11.9. The van der Waals surface area contributed by atoms with Gasteiger partial charge in [0, 0.05) is 52.4 Å². The average molecular weight is 376 g/mol. The zero-order valence-corrected chi connectivity index (χ0v) is 15.8. The van der Waals surface area contributed by atoms with Gasteiger partial charge in [-0.3, -0.25) is 0 Å². The third kappa shape index (κ3) is 4.25. The van der Waals surface area contributed by atoms with Gasteiger partial charge in [-0.15, -0.1) is 0 Å². The Morgan fingerprint density at radius 3 is 1.92 bits per heavy atom. The molecule has 3 saturated heterocycles. The van der Waals surface area contributed by atoms with Gasteiger partial charge < -0.3 is 19.3 Å². The van der Waals surface area contributed by atoms with Gasteiger partial charge >= 0.3 is 6.03 Å². The van der Waals surface area contributed by atoms with Crippen molar-refractivity contribution < 1.29 is 22.7 Å². The smallest absolute Gasteiger partial charge is 0.320 e. The Morgan fingerprint density at radius 2 is 1.36 bits per heavy atom. The summed E-state index contributed by atoms with van der Waals surface area (Å²) in [5.74, 6) is 0. The molecule has 0 aromatic heterocycles. The topological polar surface area (TPSA) is 82.6 Å². The number of urea groups is 1. The van der Waals surface area contributed by atoms with E-state index in [0.717, 1.165) is 0 Å². The zero-order chi connectivity index (χ0) is 18.0. The fourth-order valence-electron chi connectivity index (χ4n) is 3.55. The van der Waals surface area contributed by atoms with Crippen LogP contribution in [0.3, 0.4) is 0 Å². The molecule has 2 atom stereocenters. The summed E-state index contributed by atoms with van der Waals surface area (Å²) in [6.45, 7) is 8.35. The van der Waals surface area contributed by atoms with Gasteiger partial charge in [0.25, 0.3) is 10.2 Å². The Bertz CT molecular complexity index is 562. The minimum Gasteiger partial charge on any atom is -0.378 e. The van der Waals surface area contributed by atoms with E-state index in [4.69, 9.17) is 9.47 Å². The first kappa shape index (κ1) is 18.8. The molecule has 0 aliphatic carbocycles. The second-order valence-electron chi connectivity index (χ2n) is 6.85. The number of hydrogen-bond acceptors (Lipinski definition) is 5. The van der Waals surface area contributed by atoms with Crippen LogP contribution in [0, 0.1) is 0 Å². The maximum Gasteiger partial charge on any atom is 0.320 e. The second kappa shape index (κ2) is 7.75. The van der Waals surface area contributed by atoms with Gasteiger partial charge in [0.15, 0.2) is 0 Å². The highest BCUT2D eigenvalue weighted by Crippen LogP contribution is 2.19. The molecule has 3 heterocycles. The van der Waals surface area contributed by atoms with Crippen molar-refractivity contribution in [2.75, 3.05) is 65.6 Å². The molecule has 0 spiro atoms. The largest absolute Gasteiger partial charge is 0.378 e. The Kier molecular flexibility index (Phi) is 5.84. The molecule has 0 N–H and O–H groups in total. The lowest BCUT2D eigenvalue weighted by atomic mass is 10.3. The van der Waals surface area contributed by atoms with Crippen LogP contribution in [0.25, 0.3) is 0 Å². The number of piperazine rings is 1. The lowest BCUT2D eigenvalue weighted by molar-refractivity contribution is -0.0457. The standard InChI is InChI=1S/C15H28N4O5S/c1-13-11-19(12-14(2)24-13)25(21,22)18-5-3-16(4-6-18)15(20)17-7-9-23-10-8-17/h13-14H,3-12H2,1-2H3. The van der Waals surface area contributed by atoms with Gasteiger partial charge in [0.1, 0.15) is 0 Å². The van der Waals surface area contributed by atoms with Crippen molar-refractivity contribution >= 4 is 16.2 Å². The van der Waals surface area contributed by atoms with Crippen molar-refractivity contribution in [3.8, 4) is 0 Å². The molecule has 9 nitrogen and oxygen atoms in total. The fourth-order valence-corrected chi connectivity index (χ4v) is 5.30. The fraction of sp³-hybridized carbons (Fsp3) is 0.933. The zero-order valence-electron chi connectivity index (χ0n) is 15.0. The minimum absolute atomic E-state index is 0.0195. The van der Waals surface area contributed by atoms with Crippen LogP contribution in [-0.2, 0) is 19.7 Å². The molecule has 0 radical (unpaired) electrons. The number of carbonyl (C=O) groups excluding carboxylic acids is 1. The highest BCUT2D eigenvalue weighted by atomic mass is 32.2. The first-order valence-corrected chi connectivity index (χ1v) is 10.3. The summed E-state index contributed by atoms with van der Waals surface area (Å²) >= 11 is 0. The van der Waals surface area contributed by atoms with Gasteiger partial charge in [-0.25, -0.2) is 4.79 Å². The summed E-state index contributed by atoms with van der Waals surface area (Å²) in [5.41, 5.74) is 0. The van der Waals surface area contributed by atoms with E-state index in [-0.39, 0.29) is 18.2 Å². The van der Waals surface area contributed by atoms with E-state index in [1.165, 1.54) is 8.61 Å². The van der Waals surface area contributed by atoms with E-state index in [1.807, 2.05) is 13.8 Å². The number of ether oxygens (including phenoxy) is 2. The Balaban J connectivity index is 1.56. The van der Waals surface area contributed by atoms with Crippen molar-refractivity contribution in [2.24, 2.45) is 0 Å². The van der Waals surface area contributed by atoms with E-state index in [1.54, 1.807) is 9.80 Å². The molecule has 3 aliphatic heterocycles. The van der Waals surface area contributed by atoms with Gasteiger partial charge in [0.05, 0.1) is 25.4 Å². The van der Waals surface area contributed by atoms with Gasteiger partial charge in [0.2, 0.25) is 0 Å². The van der Waals surface area contributed by atoms with E-state index >= 15 is 0 Å². The molecule has 0 aromatic rings. The number of nitrogens with zero attached hydrogens (tertiary/aromatic N) is 4. The molecule has 25 heavy (non-hydrogen) atoms. The Hall–Kier alpha value is -0.940. The molecule has 3 fully saturated rings. The van der Waals surface area contributed by atoms with Crippen LogP contribution in [0.2, 0.25) is 0 Å². The molecule has 2 unspecified atom stereocenters. The molecule has 3 rings (SSSR count). The summed E-state index contributed by atoms with van der Waals surface area (Å²) in [6, 6.07) is -0.0195. The summed E-state index contributed by atoms with van der Waals surface area (Å²) in [5, 5.41) is 0. The number of carbonyl (C=O) groups is 1. The van der Waals surface area contributed by atoms with Crippen molar-refractivity contribution in [3.05, 3.63) is 0 Å². The monoisotopic (exact) mass is 376 g/mol. The van der Waals surface area contributed by atoms with Crippen molar-refractivity contribution in [2.45, 2.75) is 26.1 Å². The SMILES string of the molecule is CC1CN(S(=O)(=O)N2CCN(C(=O)N3CCOCC3)CC2)CC(C)O1. The molecule has 2 amide bonds. The van der Waals surface area contributed by atoms with Gasteiger partial charge in [-0.1, -0.05) is 0 Å². The highest BCUT2D eigenvalue weighted by Gasteiger charge is 2.37.